The summed E-state index contributed by atoms with van der Waals surface area (Å²) in [5.41, 5.74) is 5.00. The number of carbonyl (C=O) groups excluding carboxylic acids is 2. The lowest BCUT2D eigenvalue weighted by molar-refractivity contribution is -0.143. The van der Waals surface area contributed by atoms with Gasteiger partial charge in [0.1, 0.15) is 12.4 Å². The van der Waals surface area contributed by atoms with Gasteiger partial charge in [-0.15, -0.1) is 0 Å². The predicted octanol–water partition coefficient (Wildman–Crippen LogP) is 5.81. The molecule has 0 spiro atoms. The molecule has 3 aliphatic rings. The zero-order valence-electron chi connectivity index (χ0n) is 23.2. The number of carbonyl (C=O) groups is 3. The lowest BCUT2D eigenvalue weighted by atomic mass is 9.81. The second-order valence-electron chi connectivity index (χ2n) is 11.5. The summed E-state index contributed by atoms with van der Waals surface area (Å²) in [4.78, 5) is 39.2. The summed E-state index contributed by atoms with van der Waals surface area (Å²) in [6.07, 6.45) is 6.87. The van der Waals surface area contributed by atoms with Gasteiger partial charge in [-0.3, -0.25) is 24.2 Å². The summed E-state index contributed by atoms with van der Waals surface area (Å²) in [5, 5.41) is 10.2. The first-order valence-electron chi connectivity index (χ1n) is 14.6. The fraction of sp³-hybridized carbons (Fsp3) is 0.531. The van der Waals surface area contributed by atoms with E-state index in [1.54, 1.807) is 0 Å². The second kappa shape index (κ2) is 12.7. The van der Waals surface area contributed by atoms with Crippen LogP contribution in [0.5, 0.6) is 5.75 Å². The molecule has 7 nitrogen and oxygen atoms in total. The largest absolute Gasteiger partial charge is 0.491 e. The Labute approximate surface area is 241 Å². The normalized spacial score (nSPS) is 22.7. The van der Waals surface area contributed by atoms with Gasteiger partial charge in [0.25, 0.3) is 0 Å². The Morgan fingerprint density at radius 1 is 1.02 bits per heavy atom. The summed E-state index contributed by atoms with van der Waals surface area (Å²) in [5.74, 6) is 0.172. The molecule has 1 aliphatic heterocycles. The number of amides is 2. The maximum Gasteiger partial charge on any atom is 0.306 e. The number of nitrogens with zero attached hydrogens (tertiary/aromatic N) is 2. The van der Waals surface area contributed by atoms with E-state index in [0.29, 0.717) is 24.8 Å². The maximum atomic E-state index is 11.9. The Hall–Kier alpha value is -2.90. The number of carboxylic acids is 1. The van der Waals surface area contributed by atoms with Crippen LogP contribution in [0.15, 0.2) is 36.4 Å². The Morgan fingerprint density at radius 2 is 1.77 bits per heavy atom. The summed E-state index contributed by atoms with van der Waals surface area (Å²) < 4.78 is 6.03. The first kappa shape index (κ1) is 28.6. The number of aliphatic carboxylic acids is 1. The number of rotatable bonds is 11. The molecule has 0 radical (unpaired) electrons. The van der Waals surface area contributed by atoms with Crippen molar-refractivity contribution in [2.24, 2.45) is 11.8 Å². The lowest BCUT2D eigenvalue weighted by Gasteiger charge is -2.35. The average Bonchev–Trinajstić information content (AvgIpc) is 3.51. The first-order valence-corrected chi connectivity index (χ1v) is 15.0. The van der Waals surface area contributed by atoms with Gasteiger partial charge in [0.15, 0.2) is 0 Å². The predicted molar refractivity (Wildman–Crippen MR) is 153 cm³/mol. The molecule has 5 rings (SSSR count). The van der Waals surface area contributed by atoms with Crippen LogP contribution in [0.3, 0.4) is 0 Å². The van der Waals surface area contributed by atoms with E-state index in [9.17, 15) is 19.5 Å². The van der Waals surface area contributed by atoms with Crippen molar-refractivity contribution < 1.29 is 24.2 Å². The van der Waals surface area contributed by atoms with E-state index < -0.39 is 5.97 Å². The Kier molecular flexibility index (Phi) is 9.11. The van der Waals surface area contributed by atoms with Crippen LogP contribution in [-0.2, 0) is 33.8 Å². The highest BCUT2D eigenvalue weighted by Crippen LogP contribution is 2.40. The zero-order valence-corrected chi connectivity index (χ0v) is 24.0. The van der Waals surface area contributed by atoms with Crippen molar-refractivity contribution in [3.05, 3.63) is 63.7 Å². The molecule has 1 heterocycles. The molecule has 0 aromatic heterocycles. The molecule has 214 valence electrons. The molecule has 40 heavy (non-hydrogen) atoms. The van der Waals surface area contributed by atoms with Crippen LogP contribution in [0.2, 0.25) is 5.02 Å². The smallest absolute Gasteiger partial charge is 0.306 e. The fourth-order valence-electron chi connectivity index (χ4n) is 6.67. The van der Waals surface area contributed by atoms with Gasteiger partial charge in [-0.25, -0.2) is 0 Å². The van der Waals surface area contributed by atoms with E-state index in [1.165, 1.54) is 21.6 Å². The molecule has 2 fully saturated rings. The van der Waals surface area contributed by atoms with Gasteiger partial charge in [-0.2, -0.15) is 0 Å². The highest BCUT2D eigenvalue weighted by molar-refractivity contribution is 6.30. The molecule has 0 unspecified atom stereocenters. The third-order valence-corrected chi connectivity index (χ3v) is 9.13. The zero-order chi connectivity index (χ0) is 28.2. The van der Waals surface area contributed by atoms with Gasteiger partial charge >= 0.3 is 5.97 Å². The quantitative estimate of drug-likeness (QED) is 0.345. The number of hydrogen-bond donors (Lipinski definition) is 1. The number of carboxylic acid groups (broad SMARTS) is 1. The van der Waals surface area contributed by atoms with E-state index in [1.807, 2.05) is 12.1 Å². The highest BCUT2D eigenvalue weighted by Gasteiger charge is 2.33. The van der Waals surface area contributed by atoms with Crippen LogP contribution in [0.25, 0.3) is 0 Å². The van der Waals surface area contributed by atoms with E-state index in [0.717, 1.165) is 74.4 Å². The summed E-state index contributed by atoms with van der Waals surface area (Å²) in [6, 6.07) is 12.9. The van der Waals surface area contributed by atoms with Crippen LogP contribution in [0, 0.1) is 11.8 Å². The van der Waals surface area contributed by atoms with Crippen LogP contribution in [0.4, 0.5) is 0 Å². The van der Waals surface area contributed by atoms with Crippen molar-refractivity contribution in [1.82, 2.24) is 9.80 Å². The van der Waals surface area contributed by atoms with Crippen molar-refractivity contribution in [2.75, 3.05) is 19.7 Å². The summed E-state index contributed by atoms with van der Waals surface area (Å²) >= 11 is 6.30. The van der Waals surface area contributed by atoms with Crippen molar-refractivity contribution in [2.45, 2.75) is 77.3 Å². The SMILES string of the molecule is CCc1cc(CN(CC2CCC(C(=O)O)CC2)[C@H]2CCc3cc(Cl)ccc32)ccc1OCCN1C(=O)CCC1=O. The third-order valence-electron chi connectivity index (χ3n) is 8.90. The molecule has 1 N–H and O–H groups in total. The summed E-state index contributed by atoms with van der Waals surface area (Å²) in [7, 11) is 0. The van der Waals surface area contributed by atoms with Crippen LogP contribution in [0.1, 0.15) is 80.2 Å². The number of aryl methyl sites for hydroxylation is 2. The Morgan fingerprint density at radius 3 is 2.48 bits per heavy atom. The number of fused-ring (bicyclic) bond motifs is 1. The number of imide groups is 1. The molecule has 1 saturated carbocycles. The van der Waals surface area contributed by atoms with Crippen molar-refractivity contribution in [3.63, 3.8) is 0 Å². The van der Waals surface area contributed by atoms with E-state index >= 15 is 0 Å². The van der Waals surface area contributed by atoms with Crippen LogP contribution < -0.4 is 4.74 Å². The van der Waals surface area contributed by atoms with Gasteiger partial charge in [-0.1, -0.05) is 36.7 Å². The molecule has 0 bridgehead atoms. The number of benzene rings is 2. The summed E-state index contributed by atoms with van der Waals surface area (Å²) in [6.45, 7) is 4.42. The number of ether oxygens (including phenoxy) is 1. The molecule has 1 saturated heterocycles. The highest BCUT2D eigenvalue weighted by atomic mass is 35.5. The first-order chi connectivity index (χ1) is 19.3. The Bertz CT molecular complexity index is 1240. The van der Waals surface area contributed by atoms with Gasteiger partial charge in [0, 0.05) is 37.0 Å². The minimum Gasteiger partial charge on any atom is -0.491 e. The van der Waals surface area contributed by atoms with Crippen molar-refractivity contribution in [3.8, 4) is 5.75 Å². The third kappa shape index (κ3) is 6.52. The monoisotopic (exact) mass is 566 g/mol. The molecule has 2 aromatic carbocycles. The molecular formula is C32H39ClN2O5. The van der Waals surface area contributed by atoms with Gasteiger partial charge in [-0.05, 0) is 91.3 Å². The molecule has 2 amide bonds. The minimum atomic E-state index is -0.662. The molecule has 1 atom stereocenters. The molecule has 2 aliphatic carbocycles. The van der Waals surface area contributed by atoms with Gasteiger partial charge in [0.05, 0.1) is 12.5 Å². The van der Waals surface area contributed by atoms with Crippen LogP contribution in [-0.4, -0.2) is 52.4 Å². The van der Waals surface area contributed by atoms with Gasteiger partial charge < -0.3 is 9.84 Å². The Balaban J connectivity index is 1.29. The fourth-order valence-corrected chi connectivity index (χ4v) is 6.87. The van der Waals surface area contributed by atoms with Gasteiger partial charge in [0.2, 0.25) is 11.8 Å². The standard InChI is InChI=1S/C32H39ClN2O5/c1-2-23-17-22(5-12-29(23)40-16-15-35-30(36)13-14-31(35)37)20-34(19-21-3-6-24(7-4-21)32(38)39)28-11-8-25-18-26(33)9-10-27(25)28/h5,9-10,12,17-18,21,24,28H,2-4,6-8,11,13-16,19-20H2,1H3,(H,38,39)/t21?,24?,28-/m0/s1. The van der Waals surface area contributed by atoms with E-state index in [2.05, 4.69) is 36.1 Å². The lowest BCUT2D eigenvalue weighted by Crippen LogP contribution is -2.34. The maximum absolute atomic E-state index is 11.9. The minimum absolute atomic E-state index is 0.119. The van der Waals surface area contributed by atoms with E-state index in [4.69, 9.17) is 16.3 Å². The van der Waals surface area contributed by atoms with Crippen LogP contribution >= 0.6 is 11.6 Å². The molecule has 8 heteroatoms. The number of hydrogen-bond acceptors (Lipinski definition) is 5. The molecular weight excluding hydrogens is 528 g/mol. The number of halogens is 1. The second-order valence-corrected chi connectivity index (χ2v) is 11.9. The molecule has 2 aromatic rings. The number of likely N-dealkylation sites (tertiary alicyclic amines) is 1. The average molecular weight is 567 g/mol. The van der Waals surface area contributed by atoms with Crippen molar-refractivity contribution in [1.29, 1.82) is 0 Å². The van der Waals surface area contributed by atoms with E-state index in [-0.39, 0.29) is 30.9 Å². The van der Waals surface area contributed by atoms with Crippen molar-refractivity contribution >= 4 is 29.4 Å². The topological polar surface area (TPSA) is 87.2 Å².